The van der Waals surface area contributed by atoms with Crippen molar-refractivity contribution in [3.8, 4) is 0 Å². The molecule has 0 aliphatic rings. The zero-order chi connectivity index (χ0) is 21.2. The van der Waals surface area contributed by atoms with Gasteiger partial charge in [-0.05, 0) is 42.3 Å². The van der Waals surface area contributed by atoms with E-state index in [0.717, 1.165) is 11.1 Å². The maximum absolute atomic E-state index is 12.0. The lowest BCUT2D eigenvalue weighted by molar-refractivity contribution is 0.0827. The van der Waals surface area contributed by atoms with Crippen LogP contribution in [0.15, 0.2) is 53.5 Å². The number of guanidine groups is 1. The SMILES string of the molecule is CCNC(=O)c1cccc(CNC(=NC)NCc2ccc(C(=O)N(C)C)cc2)c1. The Balaban J connectivity index is 1.89. The molecule has 0 atom stereocenters. The van der Waals surface area contributed by atoms with E-state index >= 15 is 0 Å². The number of nitrogens with one attached hydrogen (secondary N) is 3. The van der Waals surface area contributed by atoms with Gasteiger partial charge in [-0.2, -0.15) is 0 Å². The molecule has 2 amide bonds. The molecule has 0 spiro atoms. The quantitative estimate of drug-likeness (QED) is 0.494. The van der Waals surface area contributed by atoms with Gasteiger partial charge < -0.3 is 20.9 Å². The van der Waals surface area contributed by atoms with Crippen LogP contribution in [0.1, 0.15) is 38.8 Å². The van der Waals surface area contributed by atoms with Crippen LogP contribution in [0.25, 0.3) is 0 Å². The Kier molecular flexibility index (Phi) is 8.21. The van der Waals surface area contributed by atoms with Crippen molar-refractivity contribution in [2.24, 2.45) is 4.99 Å². The van der Waals surface area contributed by atoms with Gasteiger partial charge in [-0.3, -0.25) is 14.6 Å². The highest BCUT2D eigenvalue weighted by Gasteiger charge is 2.08. The van der Waals surface area contributed by atoms with Crippen molar-refractivity contribution in [3.63, 3.8) is 0 Å². The number of hydrogen-bond acceptors (Lipinski definition) is 3. The third-order valence-electron chi connectivity index (χ3n) is 4.28. The predicted molar refractivity (Wildman–Crippen MR) is 116 cm³/mol. The van der Waals surface area contributed by atoms with Gasteiger partial charge in [0.1, 0.15) is 0 Å². The molecule has 0 heterocycles. The molecular weight excluding hydrogens is 366 g/mol. The van der Waals surface area contributed by atoms with E-state index < -0.39 is 0 Å². The summed E-state index contributed by atoms with van der Waals surface area (Å²) in [6.45, 7) is 3.62. The number of benzene rings is 2. The third kappa shape index (κ3) is 6.64. The Morgan fingerprint density at radius 2 is 1.55 bits per heavy atom. The number of carbonyl (C=O) groups excluding carboxylic acids is 2. The number of nitrogens with zero attached hydrogens (tertiary/aromatic N) is 2. The van der Waals surface area contributed by atoms with E-state index in [9.17, 15) is 9.59 Å². The van der Waals surface area contributed by atoms with E-state index in [0.29, 0.717) is 36.7 Å². The van der Waals surface area contributed by atoms with E-state index in [1.54, 1.807) is 32.1 Å². The molecule has 154 valence electrons. The summed E-state index contributed by atoms with van der Waals surface area (Å²) in [5.41, 5.74) is 3.33. The molecule has 0 aliphatic heterocycles. The average molecular weight is 396 g/mol. The smallest absolute Gasteiger partial charge is 0.253 e. The predicted octanol–water partition coefficient (Wildman–Crippen LogP) is 2.00. The topological polar surface area (TPSA) is 85.8 Å². The van der Waals surface area contributed by atoms with Crippen LogP contribution in [0.3, 0.4) is 0 Å². The second-order valence-electron chi connectivity index (χ2n) is 6.74. The standard InChI is InChI=1S/C22H29N5O2/c1-5-24-20(28)19-8-6-7-17(13-19)15-26-22(23-2)25-14-16-9-11-18(12-10-16)21(29)27(3)4/h6-13H,5,14-15H2,1-4H3,(H,24,28)(H2,23,25,26). The zero-order valence-electron chi connectivity index (χ0n) is 17.5. The van der Waals surface area contributed by atoms with E-state index in [-0.39, 0.29) is 11.8 Å². The minimum absolute atomic E-state index is 0.0168. The zero-order valence-corrected chi connectivity index (χ0v) is 17.5. The maximum Gasteiger partial charge on any atom is 0.253 e. The Morgan fingerprint density at radius 3 is 2.14 bits per heavy atom. The van der Waals surface area contributed by atoms with Crippen molar-refractivity contribution >= 4 is 17.8 Å². The molecule has 3 N–H and O–H groups in total. The van der Waals surface area contributed by atoms with Crippen molar-refractivity contribution in [2.75, 3.05) is 27.7 Å². The first-order valence-electron chi connectivity index (χ1n) is 9.56. The summed E-state index contributed by atoms with van der Waals surface area (Å²) in [6.07, 6.45) is 0. The fraction of sp³-hybridized carbons (Fsp3) is 0.318. The van der Waals surface area contributed by atoms with Crippen LogP contribution in [0.2, 0.25) is 0 Å². The summed E-state index contributed by atoms with van der Waals surface area (Å²) in [6, 6.07) is 15.0. The molecule has 0 radical (unpaired) electrons. The van der Waals surface area contributed by atoms with Gasteiger partial charge >= 0.3 is 0 Å². The Hall–Kier alpha value is -3.35. The first-order valence-corrected chi connectivity index (χ1v) is 9.56. The van der Waals surface area contributed by atoms with Gasteiger partial charge in [0.05, 0.1) is 0 Å². The van der Waals surface area contributed by atoms with Crippen LogP contribution in [0.4, 0.5) is 0 Å². The molecule has 7 nitrogen and oxygen atoms in total. The van der Waals surface area contributed by atoms with Crippen LogP contribution in [-0.4, -0.2) is 50.4 Å². The normalized spacial score (nSPS) is 11.0. The lowest BCUT2D eigenvalue weighted by atomic mass is 10.1. The van der Waals surface area contributed by atoms with Crippen LogP contribution >= 0.6 is 0 Å². The number of hydrogen-bond donors (Lipinski definition) is 3. The summed E-state index contributed by atoms with van der Waals surface area (Å²) >= 11 is 0. The van der Waals surface area contributed by atoms with Crippen LogP contribution in [-0.2, 0) is 13.1 Å². The highest BCUT2D eigenvalue weighted by Crippen LogP contribution is 2.07. The molecule has 0 bridgehead atoms. The maximum atomic E-state index is 12.0. The Bertz CT molecular complexity index is 860. The van der Waals surface area contributed by atoms with Crippen LogP contribution in [0, 0.1) is 0 Å². The summed E-state index contributed by atoms with van der Waals surface area (Å²) in [4.78, 5) is 29.7. The minimum Gasteiger partial charge on any atom is -0.352 e. The van der Waals surface area contributed by atoms with Crippen molar-refractivity contribution in [3.05, 3.63) is 70.8 Å². The molecule has 29 heavy (non-hydrogen) atoms. The van der Waals surface area contributed by atoms with Gasteiger partial charge in [0.2, 0.25) is 0 Å². The Labute approximate surface area is 172 Å². The average Bonchev–Trinajstić information content (AvgIpc) is 2.74. The van der Waals surface area contributed by atoms with Gasteiger partial charge in [0, 0.05) is 51.9 Å². The van der Waals surface area contributed by atoms with E-state index in [2.05, 4.69) is 20.9 Å². The number of aliphatic imine (C=N–C) groups is 1. The molecule has 0 unspecified atom stereocenters. The van der Waals surface area contributed by atoms with Crippen molar-refractivity contribution in [1.29, 1.82) is 0 Å². The number of rotatable bonds is 7. The molecule has 0 fully saturated rings. The summed E-state index contributed by atoms with van der Waals surface area (Å²) in [7, 11) is 5.18. The first kappa shape index (κ1) is 21.9. The second-order valence-corrected chi connectivity index (χ2v) is 6.74. The lowest BCUT2D eigenvalue weighted by Crippen LogP contribution is -2.36. The van der Waals surface area contributed by atoms with E-state index in [1.165, 1.54) is 0 Å². The van der Waals surface area contributed by atoms with Gasteiger partial charge in [-0.25, -0.2) is 0 Å². The van der Waals surface area contributed by atoms with Crippen molar-refractivity contribution in [2.45, 2.75) is 20.0 Å². The molecule has 0 aliphatic carbocycles. The summed E-state index contributed by atoms with van der Waals surface area (Å²) in [5, 5.41) is 9.30. The van der Waals surface area contributed by atoms with E-state index in [4.69, 9.17) is 0 Å². The molecule has 7 heteroatoms. The highest BCUT2D eigenvalue weighted by molar-refractivity contribution is 5.94. The molecule has 0 saturated carbocycles. The molecule has 2 aromatic rings. The monoisotopic (exact) mass is 395 g/mol. The summed E-state index contributed by atoms with van der Waals surface area (Å²) < 4.78 is 0. The fourth-order valence-corrected chi connectivity index (χ4v) is 2.70. The molecule has 0 saturated heterocycles. The Morgan fingerprint density at radius 1 is 0.897 bits per heavy atom. The van der Waals surface area contributed by atoms with Gasteiger partial charge in [0.25, 0.3) is 11.8 Å². The van der Waals surface area contributed by atoms with E-state index in [1.807, 2.05) is 49.4 Å². The second kappa shape index (κ2) is 10.8. The molecule has 0 aromatic heterocycles. The third-order valence-corrected chi connectivity index (χ3v) is 4.28. The van der Waals surface area contributed by atoms with Crippen LogP contribution in [0.5, 0.6) is 0 Å². The fourth-order valence-electron chi connectivity index (χ4n) is 2.70. The molecule has 2 aromatic carbocycles. The van der Waals surface area contributed by atoms with Crippen molar-refractivity contribution < 1.29 is 9.59 Å². The first-order chi connectivity index (χ1) is 13.9. The van der Waals surface area contributed by atoms with Gasteiger partial charge in [-0.1, -0.05) is 24.3 Å². The molecular formula is C22H29N5O2. The largest absolute Gasteiger partial charge is 0.352 e. The molecule has 2 rings (SSSR count). The van der Waals surface area contributed by atoms with Gasteiger partial charge in [-0.15, -0.1) is 0 Å². The van der Waals surface area contributed by atoms with Crippen molar-refractivity contribution in [1.82, 2.24) is 20.9 Å². The van der Waals surface area contributed by atoms with Crippen LogP contribution < -0.4 is 16.0 Å². The summed E-state index contributed by atoms with van der Waals surface area (Å²) in [5.74, 6) is 0.562. The van der Waals surface area contributed by atoms with Gasteiger partial charge in [0.15, 0.2) is 5.96 Å². The highest BCUT2D eigenvalue weighted by atomic mass is 16.2. The number of carbonyl (C=O) groups is 2. The lowest BCUT2D eigenvalue weighted by Gasteiger charge is -2.13. The number of amides is 2. The minimum atomic E-state index is -0.0759.